The van der Waals surface area contributed by atoms with Gasteiger partial charge in [0.1, 0.15) is 12.4 Å². The third-order valence-corrected chi connectivity index (χ3v) is 2.27. The van der Waals surface area contributed by atoms with Gasteiger partial charge in [0.2, 0.25) is 0 Å². The number of esters is 1. The van der Waals surface area contributed by atoms with Gasteiger partial charge in [0.15, 0.2) is 0 Å². The second-order valence-corrected chi connectivity index (χ2v) is 3.52. The summed E-state index contributed by atoms with van der Waals surface area (Å²) in [4.78, 5) is 11.2. The lowest BCUT2D eigenvalue weighted by Gasteiger charge is -2.12. The third-order valence-electron chi connectivity index (χ3n) is 2.27. The van der Waals surface area contributed by atoms with Crippen molar-refractivity contribution in [1.29, 1.82) is 0 Å². The SMILES string of the molecule is CNC(C)COc1ccc(C(=O)OC)cc1. The molecule has 0 aliphatic carbocycles. The van der Waals surface area contributed by atoms with Crippen LogP contribution in [0, 0.1) is 0 Å². The summed E-state index contributed by atoms with van der Waals surface area (Å²) in [5, 5.41) is 3.07. The molecule has 0 bridgehead atoms. The van der Waals surface area contributed by atoms with Crippen molar-refractivity contribution in [3.8, 4) is 5.75 Å². The van der Waals surface area contributed by atoms with E-state index < -0.39 is 0 Å². The van der Waals surface area contributed by atoms with Gasteiger partial charge in [-0.05, 0) is 38.2 Å². The lowest BCUT2D eigenvalue weighted by molar-refractivity contribution is 0.0600. The predicted molar refractivity (Wildman–Crippen MR) is 61.8 cm³/mol. The maximum atomic E-state index is 11.2. The monoisotopic (exact) mass is 223 g/mol. The molecular weight excluding hydrogens is 206 g/mol. The Morgan fingerprint density at radius 1 is 1.38 bits per heavy atom. The Bertz CT molecular complexity index is 335. The summed E-state index contributed by atoms with van der Waals surface area (Å²) in [5.41, 5.74) is 0.525. The van der Waals surface area contributed by atoms with Crippen molar-refractivity contribution in [3.63, 3.8) is 0 Å². The molecule has 1 aromatic rings. The quantitative estimate of drug-likeness (QED) is 0.768. The molecule has 0 spiro atoms. The molecule has 1 unspecified atom stereocenters. The molecule has 0 amide bonds. The molecule has 1 atom stereocenters. The minimum absolute atomic E-state index is 0.292. The first-order valence-corrected chi connectivity index (χ1v) is 5.15. The summed E-state index contributed by atoms with van der Waals surface area (Å²) in [5.74, 6) is 0.407. The van der Waals surface area contributed by atoms with E-state index in [2.05, 4.69) is 10.1 Å². The molecule has 0 saturated heterocycles. The fraction of sp³-hybridized carbons (Fsp3) is 0.417. The van der Waals surface area contributed by atoms with Crippen LogP contribution in [-0.2, 0) is 4.74 Å². The molecule has 0 aliphatic heterocycles. The zero-order valence-corrected chi connectivity index (χ0v) is 9.82. The average Bonchev–Trinajstić information content (AvgIpc) is 2.35. The molecule has 0 fully saturated rings. The van der Waals surface area contributed by atoms with Crippen LogP contribution in [0.1, 0.15) is 17.3 Å². The van der Waals surface area contributed by atoms with E-state index in [9.17, 15) is 4.79 Å². The zero-order chi connectivity index (χ0) is 12.0. The van der Waals surface area contributed by atoms with Crippen molar-refractivity contribution in [3.05, 3.63) is 29.8 Å². The van der Waals surface area contributed by atoms with Gasteiger partial charge in [-0.2, -0.15) is 0 Å². The summed E-state index contributed by atoms with van der Waals surface area (Å²) in [6.45, 7) is 2.62. The highest BCUT2D eigenvalue weighted by atomic mass is 16.5. The fourth-order valence-corrected chi connectivity index (χ4v) is 1.11. The molecule has 16 heavy (non-hydrogen) atoms. The summed E-state index contributed by atoms with van der Waals surface area (Å²) in [6, 6.07) is 7.18. The minimum Gasteiger partial charge on any atom is -0.492 e. The first-order chi connectivity index (χ1) is 7.67. The highest BCUT2D eigenvalue weighted by Crippen LogP contribution is 2.12. The van der Waals surface area contributed by atoms with Crippen LogP contribution in [0.25, 0.3) is 0 Å². The molecule has 1 N–H and O–H groups in total. The number of hydrogen-bond acceptors (Lipinski definition) is 4. The molecule has 0 radical (unpaired) electrons. The van der Waals surface area contributed by atoms with Crippen LogP contribution in [0.5, 0.6) is 5.75 Å². The number of benzene rings is 1. The van der Waals surface area contributed by atoms with Crippen LogP contribution >= 0.6 is 0 Å². The highest BCUT2D eigenvalue weighted by Gasteiger charge is 2.05. The molecule has 0 heterocycles. The molecule has 4 nitrogen and oxygen atoms in total. The van der Waals surface area contributed by atoms with Gasteiger partial charge in [-0.15, -0.1) is 0 Å². The first kappa shape index (κ1) is 12.5. The lowest BCUT2D eigenvalue weighted by Crippen LogP contribution is -2.28. The summed E-state index contributed by atoms with van der Waals surface area (Å²) >= 11 is 0. The lowest BCUT2D eigenvalue weighted by atomic mass is 10.2. The van der Waals surface area contributed by atoms with Gasteiger partial charge in [-0.1, -0.05) is 0 Å². The maximum Gasteiger partial charge on any atom is 0.337 e. The van der Waals surface area contributed by atoms with E-state index in [1.54, 1.807) is 24.3 Å². The first-order valence-electron chi connectivity index (χ1n) is 5.15. The topological polar surface area (TPSA) is 47.6 Å². The number of ether oxygens (including phenoxy) is 2. The van der Waals surface area contributed by atoms with Crippen LogP contribution in [0.4, 0.5) is 0 Å². The maximum absolute atomic E-state index is 11.2. The van der Waals surface area contributed by atoms with Gasteiger partial charge in [-0.3, -0.25) is 0 Å². The third kappa shape index (κ3) is 3.55. The van der Waals surface area contributed by atoms with Gasteiger partial charge >= 0.3 is 5.97 Å². The Kier molecular flexibility index (Phi) is 4.79. The normalized spacial score (nSPS) is 11.9. The van der Waals surface area contributed by atoms with Crippen LogP contribution in [-0.4, -0.2) is 32.8 Å². The van der Waals surface area contributed by atoms with E-state index in [4.69, 9.17) is 4.74 Å². The number of methoxy groups -OCH3 is 1. The van der Waals surface area contributed by atoms with Gasteiger partial charge in [0.05, 0.1) is 12.7 Å². The Morgan fingerprint density at radius 2 is 2.00 bits per heavy atom. The van der Waals surface area contributed by atoms with E-state index >= 15 is 0 Å². The molecule has 4 heteroatoms. The molecule has 0 saturated carbocycles. The highest BCUT2D eigenvalue weighted by molar-refractivity contribution is 5.89. The van der Waals surface area contributed by atoms with Crippen LogP contribution in [0.2, 0.25) is 0 Å². The van der Waals surface area contributed by atoms with Gasteiger partial charge in [0.25, 0.3) is 0 Å². The zero-order valence-electron chi connectivity index (χ0n) is 9.82. The van der Waals surface area contributed by atoms with Crippen LogP contribution < -0.4 is 10.1 Å². The average molecular weight is 223 g/mol. The number of likely N-dealkylation sites (N-methyl/N-ethyl adjacent to an activating group) is 1. The van der Waals surface area contributed by atoms with E-state index in [-0.39, 0.29) is 5.97 Å². The molecule has 88 valence electrons. The van der Waals surface area contributed by atoms with Crippen molar-refractivity contribution in [2.24, 2.45) is 0 Å². The number of nitrogens with one attached hydrogen (secondary N) is 1. The van der Waals surface area contributed by atoms with Crippen molar-refractivity contribution in [2.45, 2.75) is 13.0 Å². The van der Waals surface area contributed by atoms with Crippen molar-refractivity contribution in [1.82, 2.24) is 5.32 Å². The van der Waals surface area contributed by atoms with Gasteiger partial charge in [0, 0.05) is 6.04 Å². The second-order valence-electron chi connectivity index (χ2n) is 3.52. The summed E-state index contributed by atoms with van der Waals surface area (Å²) < 4.78 is 10.1. The van der Waals surface area contributed by atoms with E-state index in [1.807, 2.05) is 14.0 Å². The number of carbonyl (C=O) groups is 1. The standard InChI is InChI=1S/C12H17NO3/c1-9(13-2)8-16-11-6-4-10(5-7-11)12(14)15-3/h4-7,9,13H,8H2,1-3H3. The van der Waals surface area contributed by atoms with E-state index in [1.165, 1.54) is 7.11 Å². The predicted octanol–water partition coefficient (Wildman–Crippen LogP) is 1.46. The smallest absolute Gasteiger partial charge is 0.337 e. The van der Waals surface area contributed by atoms with Gasteiger partial charge < -0.3 is 14.8 Å². The molecule has 0 aliphatic rings. The number of hydrogen-bond donors (Lipinski definition) is 1. The Hall–Kier alpha value is -1.55. The Balaban J connectivity index is 2.54. The van der Waals surface area contributed by atoms with Gasteiger partial charge in [-0.25, -0.2) is 4.79 Å². The van der Waals surface area contributed by atoms with E-state index in [0.717, 1.165) is 5.75 Å². The van der Waals surface area contributed by atoms with Crippen molar-refractivity contribution >= 4 is 5.97 Å². The van der Waals surface area contributed by atoms with Crippen LogP contribution in [0.3, 0.4) is 0 Å². The summed E-state index contributed by atoms with van der Waals surface area (Å²) in [6.07, 6.45) is 0. The number of carbonyl (C=O) groups excluding carboxylic acids is 1. The van der Waals surface area contributed by atoms with E-state index in [0.29, 0.717) is 18.2 Å². The van der Waals surface area contributed by atoms with Crippen molar-refractivity contribution < 1.29 is 14.3 Å². The molecule has 1 aromatic carbocycles. The largest absolute Gasteiger partial charge is 0.492 e. The molecular formula is C12H17NO3. The minimum atomic E-state index is -0.338. The van der Waals surface area contributed by atoms with Crippen molar-refractivity contribution in [2.75, 3.05) is 20.8 Å². The number of rotatable bonds is 5. The fourth-order valence-electron chi connectivity index (χ4n) is 1.11. The molecule has 1 rings (SSSR count). The Morgan fingerprint density at radius 3 is 2.50 bits per heavy atom. The van der Waals surface area contributed by atoms with Crippen LogP contribution in [0.15, 0.2) is 24.3 Å². The molecule has 0 aromatic heterocycles. The second kappa shape index (κ2) is 6.12. The summed E-state index contributed by atoms with van der Waals surface area (Å²) in [7, 11) is 3.25. The Labute approximate surface area is 95.6 Å².